The fourth-order valence-corrected chi connectivity index (χ4v) is 2.33. The van der Waals surface area contributed by atoms with Gasteiger partial charge in [0.05, 0.1) is 0 Å². The van der Waals surface area contributed by atoms with Crippen molar-refractivity contribution < 1.29 is 8.42 Å². The molecule has 0 aliphatic heterocycles. The molecule has 0 radical (unpaired) electrons. The molecule has 0 unspecified atom stereocenters. The molecular formula is C8H8O2S3. The molecule has 70 valence electrons. The topological polar surface area (TPSA) is 34.1 Å². The summed E-state index contributed by atoms with van der Waals surface area (Å²) in [5.41, 5.74) is 0. The van der Waals surface area contributed by atoms with E-state index in [1.807, 2.05) is 30.3 Å². The fourth-order valence-electron chi connectivity index (χ4n) is 0.660. The number of rotatable bonds is 1. The molecule has 13 heavy (non-hydrogen) atoms. The standard InChI is InChI=1S/C8H8O2S3/c1-13(9,10)8(11)12-7-5-3-2-4-6-7/h2-6H,1H3. The van der Waals surface area contributed by atoms with Crippen molar-refractivity contribution in [2.75, 3.05) is 6.26 Å². The maximum Gasteiger partial charge on any atom is 0.192 e. The van der Waals surface area contributed by atoms with Gasteiger partial charge in [-0.05, 0) is 12.1 Å². The predicted octanol–water partition coefficient (Wildman–Crippen LogP) is 2.11. The molecule has 0 amide bonds. The Balaban J connectivity index is 2.78. The van der Waals surface area contributed by atoms with E-state index in [-0.39, 0.29) is 3.53 Å². The van der Waals surface area contributed by atoms with Gasteiger partial charge in [-0.15, -0.1) is 0 Å². The third-order valence-corrected chi connectivity index (χ3v) is 4.84. The molecule has 0 aromatic heterocycles. The summed E-state index contributed by atoms with van der Waals surface area (Å²) in [7, 11) is -3.21. The second kappa shape index (κ2) is 4.21. The monoisotopic (exact) mass is 232 g/mol. The Morgan fingerprint density at radius 3 is 2.31 bits per heavy atom. The minimum absolute atomic E-state index is 0.0127. The highest BCUT2D eigenvalue weighted by atomic mass is 32.3. The van der Waals surface area contributed by atoms with Gasteiger partial charge >= 0.3 is 0 Å². The average Bonchev–Trinajstić information content (AvgIpc) is 2.04. The van der Waals surface area contributed by atoms with Gasteiger partial charge in [-0.2, -0.15) is 0 Å². The minimum atomic E-state index is -3.21. The number of sulfone groups is 1. The molecule has 0 atom stereocenters. The number of hydrogen-bond donors (Lipinski definition) is 0. The Hall–Kier alpha value is -0.390. The van der Waals surface area contributed by atoms with Crippen molar-refractivity contribution in [1.29, 1.82) is 0 Å². The molecule has 0 aliphatic carbocycles. The third kappa shape index (κ3) is 3.46. The molecule has 0 fully saturated rings. The lowest BCUT2D eigenvalue weighted by Gasteiger charge is -1.99. The average molecular weight is 232 g/mol. The lowest BCUT2D eigenvalue weighted by Crippen LogP contribution is -2.05. The van der Waals surface area contributed by atoms with Crippen molar-refractivity contribution in [1.82, 2.24) is 0 Å². The molecule has 1 aromatic carbocycles. The van der Waals surface area contributed by atoms with Gasteiger partial charge in [-0.3, -0.25) is 0 Å². The Morgan fingerprint density at radius 1 is 1.31 bits per heavy atom. The van der Waals surface area contributed by atoms with E-state index in [1.54, 1.807) is 0 Å². The van der Waals surface area contributed by atoms with Crippen molar-refractivity contribution in [3.8, 4) is 0 Å². The van der Waals surface area contributed by atoms with Crippen LogP contribution in [0.25, 0.3) is 0 Å². The van der Waals surface area contributed by atoms with E-state index >= 15 is 0 Å². The Labute approximate surface area is 87.3 Å². The summed E-state index contributed by atoms with van der Waals surface area (Å²) in [6.07, 6.45) is 1.12. The van der Waals surface area contributed by atoms with E-state index < -0.39 is 9.84 Å². The Bertz CT molecular complexity index is 395. The number of thioether (sulfide) groups is 1. The Kier molecular flexibility index (Phi) is 3.47. The molecule has 0 aliphatic rings. The molecule has 5 heteroatoms. The van der Waals surface area contributed by atoms with Gasteiger partial charge in [0.1, 0.15) is 0 Å². The minimum Gasteiger partial charge on any atom is -0.223 e. The largest absolute Gasteiger partial charge is 0.223 e. The highest BCUT2D eigenvalue weighted by molar-refractivity contribution is 8.44. The van der Waals surface area contributed by atoms with Gasteiger partial charge < -0.3 is 0 Å². The predicted molar refractivity (Wildman–Crippen MR) is 59.7 cm³/mol. The van der Waals surface area contributed by atoms with Crippen LogP contribution in [0.4, 0.5) is 0 Å². The lowest BCUT2D eigenvalue weighted by atomic mass is 10.4. The zero-order chi connectivity index (χ0) is 9.90. The zero-order valence-electron chi connectivity index (χ0n) is 6.93. The molecular weight excluding hydrogens is 224 g/mol. The smallest absolute Gasteiger partial charge is 0.192 e. The molecule has 0 saturated heterocycles. The van der Waals surface area contributed by atoms with Crippen molar-refractivity contribution in [3.63, 3.8) is 0 Å². The van der Waals surface area contributed by atoms with Crippen LogP contribution in [0, 0.1) is 0 Å². The molecule has 2 nitrogen and oxygen atoms in total. The third-order valence-electron chi connectivity index (χ3n) is 1.25. The molecule has 0 spiro atoms. The van der Waals surface area contributed by atoms with Crippen LogP contribution in [0.15, 0.2) is 35.2 Å². The second-order valence-electron chi connectivity index (χ2n) is 2.44. The van der Waals surface area contributed by atoms with Gasteiger partial charge in [0.15, 0.2) is 13.4 Å². The maximum absolute atomic E-state index is 11.0. The van der Waals surface area contributed by atoms with Crippen molar-refractivity contribution in [2.24, 2.45) is 0 Å². The summed E-state index contributed by atoms with van der Waals surface area (Å²) in [6, 6.07) is 9.19. The normalized spacial score (nSPS) is 11.2. The van der Waals surface area contributed by atoms with Gasteiger partial charge in [0, 0.05) is 11.2 Å². The second-order valence-corrected chi connectivity index (χ2v) is 6.66. The highest BCUT2D eigenvalue weighted by Crippen LogP contribution is 2.21. The van der Waals surface area contributed by atoms with E-state index in [0.29, 0.717) is 0 Å². The van der Waals surface area contributed by atoms with Crippen LogP contribution in [0.1, 0.15) is 0 Å². The first-order valence-electron chi connectivity index (χ1n) is 3.47. The number of thiocarbonyl (C=S) groups is 1. The maximum atomic E-state index is 11.0. The first-order valence-corrected chi connectivity index (χ1v) is 6.58. The van der Waals surface area contributed by atoms with Crippen LogP contribution in [-0.4, -0.2) is 18.2 Å². The van der Waals surface area contributed by atoms with Crippen molar-refractivity contribution in [3.05, 3.63) is 30.3 Å². The summed E-state index contributed by atoms with van der Waals surface area (Å²) in [5, 5.41) is 0. The molecule has 0 heterocycles. The zero-order valence-corrected chi connectivity index (χ0v) is 9.38. The van der Waals surface area contributed by atoms with Crippen LogP contribution in [0.3, 0.4) is 0 Å². The van der Waals surface area contributed by atoms with Crippen LogP contribution in [-0.2, 0) is 9.84 Å². The summed E-state index contributed by atoms with van der Waals surface area (Å²) < 4.78 is 22.0. The fraction of sp³-hybridized carbons (Fsp3) is 0.125. The summed E-state index contributed by atoms with van der Waals surface area (Å²) in [5.74, 6) is 0. The molecule has 0 N–H and O–H groups in total. The first kappa shape index (κ1) is 10.7. The van der Waals surface area contributed by atoms with Gasteiger partial charge in [-0.25, -0.2) is 8.42 Å². The lowest BCUT2D eigenvalue weighted by molar-refractivity contribution is 0.613. The van der Waals surface area contributed by atoms with Crippen LogP contribution in [0.5, 0.6) is 0 Å². The van der Waals surface area contributed by atoms with Gasteiger partial charge in [-0.1, -0.05) is 42.2 Å². The van der Waals surface area contributed by atoms with E-state index in [2.05, 4.69) is 0 Å². The molecule has 1 aromatic rings. The summed E-state index contributed by atoms with van der Waals surface area (Å²) >= 11 is 5.84. The SMILES string of the molecule is CS(=O)(=O)C(=S)Sc1ccccc1. The summed E-state index contributed by atoms with van der Waals surface area (Å²) in [6.45, 7) is 0. The molecule has 0 saturated carbocycles. The van der Waals surface area contributed by atoms with Gasteiger partial charge in [0.2, 0.25) is 0 Å². The van der Waals surface area contributed by atoms with Crippen LogP contribution >= 0.6 is 24.0 Å². The molecule has 1 rings (SSSR count). The number of benzene rings is 1. The van der Waals surface area contributed by atoms with Gasteiger partial charge in [0.25, 0.3) is 0 Å². The number of hydrogen-bond acceptors (Lipinski definition) is 4. The highest BCUT2D eigenvalue weighted by Gasteiger charge is 2.11. The first-order chi connectivity index (χ1) is 6.00. The van der Waals surface area contributed by atoms with E-state index in [9.17, 15) is 8.42 Å². The van der Waals surface area contributed by atoms with E-state index in [1.165, 1.54) is 0 Å². The Morgan fingerprint density at radius 2 is 1.85 bits per heavy atom. The van der Waals surface area contributed by atoms with Crippen LogP contribution < -0.4 is 0 Å². The quantitative estimate of drug-likeness (QED) is 0.548. The molecule has 0 bridgehead atoms. The van der Waals surface area contributed by atoms with E-state index in [0.717, 1.165) is 22.9 Å². The summed E-state index contributed by atoms with van der Waals surface area (Å²) in [4.78, 5) is 0.845. The van der Waals surface area contributed by atoms with Crippen molar-refractivity contribution in [2.45, 2.75) is 4.90 Å². The van der Waals surface area contributed by atoms with Crippen LogP contribution in [0.2, 0.25) is 0 Å². The van der Waals surface area contributed by atoms with E-state index in [4.69, 9.17) is 12.2 Å². The van der Waals surface area contributed by atoms with Crippen molar-refractivity contribution >= 4 is 37.3 Å².